The molecule has 0 atom stereocenters. The number of rotatable bonds is 3. The van der Waals surface area contributed by atoms with Gasteiger partial charge in [-0.3, -0.25) is 0 Å². The molecular formula is C13H15N3O2. The summed E-state index contributed by atoms with van der Waals surface area (Å²) in [5.74, 6) is -0.612. The molecule has 0 fully saturated rings. The van der Waals surface area contributed by atoms with Crippen molar-refractivity contribution in [3.63, 3.8) is 0 Å². The van der Waals surface area contributed by atoms with Crippen LogP contribution in [0.4, 0.5) is 0 Å². The van der Waals surface area contributed by atoms with E-state index >= 15 is 0 Å². The predicted octanol–water partition coefficient (Wildman–Crippen LogP) is 2.14. The molecule has 5 heteroatoms. The first kappa shape index (κ1) is 12.3. The van der Waals surface area contributed by atoms with E-state index in [1.165, 1.54) is 0 Å². The lowest BCUT2D eigenvalue weighted by Gasteiger charge is -2.08. The Hall–Kier alpha value is -2.17. The maximum atomic E-state index is 10.9. The Labute approximate surface area is 105 Å². The fourth-order valence-electron chi connectivity index (χ4n) is 1.90. The smallest absolute Gasteiger partial charge is 0.375 e. The molecule has 0 aliphatic carbocycles. The van der Waals surface area contributed by atoms with Crippen LogP contribution in [0, 0.1) is 13.8 Å². The van der Waals surface area contributed by atoms with E-state index in [-0.39, 0.29) is 5.82 Å². The van der Waals surface area contributed by atoms with Gasteiger partial charge in [0.05, 0.1) is 5.69 Å². The molecule has 0 saturated heterocycles. The van der Waals surface area contributed by atoms with Gasteiger partial charge in [0.25, 0.3) is 5.82 Å². The van der Waals surface area contributed by atoms with Crippen LogP contribution in [0.5, 0.6) is 0 Å². The summed E-state index contributed by atoms with van der Waals surface area (Å²) in [4.78, 5) is 14.9. The van der Waals surface area contributed by atoms with Crippen molar-refractivity contribution in [2.75, 3.05) is 0 Å². The Bertz CT molecular complexity index is 602. The summed E-state index contributed by atoms with van der Waals surface area (Å²) in [6, 6.07) is 5.95. The van der Waals surface area contributed by atoms with Crippen LogP contribution in [-0.4, -0.2) is 25.8 Å². The van der Waals surface area contributed by atoms with Gasteiger partial charge >= 0.3 is 5.97 Å². The van der Waals surface area contributed by atoms with E-state index in [1.54, 1.807) is 4.68 Å². The van der Waals surface area contributed by atoms with Gasteiger partial charge in [-0.15, -0.1) is 5.10 Å². The molecule has 1 aromatic carbocycles. The van der Waals surface area contributed by atoms with Crippen molar-refractivity contribution >= 4 is 5.97 Å². The van der Waals surface area contributed by atoms with Crippen LogP contribution in [-0.2, 0) is 6.42 Å². The molecule has 1 N–H and O–H groups in total. The van der Waals surface area contributed by atoms with Crippen molar-refractivity contribution in [3.8, 4) is 5.69 Å². The van der Waals surface area contributed by atoms with Crippen molar-refractivity contribution in [3.05, 3.63) is 41.0 Å². The van der Waals surface area contributed by atoms with E-state index in [0.717, 1.165) is 16.8 Å². The third-order valence-electron chi connectivity index (χ3n) is 2.76. The minimum absolute atomic E-state index is 0.160. The summed E-state index contributed by atoms with van der Waals surface area (Å²) in [7, 11) is 0. The Morgan fingerprint density at radius 2 is 2.11 bits per heavy atom. The van der Waals surface area contributed by atoms with Gasteiger partial charge in [-0.2, -0.15) is 0 Å². The fourth-order valence-corrected chi connectivity index (χ4v) is 1.90. The lowest BCUT2D eigenvalue weighted by Crippen LogP contribution is -2.05. The summed E-state index contributed by atoms with van der Waals surface area (Å²) in [6.07, 6.45) is 0.633. The average molecular weight is 245 g/mol. The first-order valence-corrected chi connectivity index (χ1v) is 5.79. The van der Waals surface area contributed by atoms with Crippen LogP contribution in [0.25, 0.3) is 5.69 Å². The van der Waals surface area contributed by atoms with E-state index in [1.807, 2.05) is 39.0 Å². The van der Waals surface area contributed by atoms with E-state index in [9.17, 15) is 4.79 Å². The lowest BCUT2D eigenvalue weighted by molar-refractivity contribution is 0.0683. The molecule has 2 rings (SSSR count). The number of aromatic carboxylic acids is 1. The van der Waals surface area contributed by atoms with Crippen molar-refractivity contribution in [2.45, 2.75) is 27.2 Å². The first-order chi connectivity index (χ1) is 8.52. The summed E-state index contributed by atoms with van der Waals surface area (Å²) in [6.45, 7) is 5.92. The number of carboxylic acids is 1. The minimum atomic E-state index is -1.10. The Morgan fingerprint density at radius 1 is 1.39 bits per heavy atom. The Kier molecular flexibility index (Phi) is 3.14. The molecule has 0 amide bonds. The molecule has 0 radical (unpaired) electrons. The minimum Gasteiger partial charge on any atom is -0.475 e. The zero-order chi connectivity index (χ0) is 13.3. The van der Waals surface area contributed by atoms with Crippen molar-refractivity contribution in [2.24, 2.45) is 0 Å². The predicted molar refractivity (Wildman–Crippen MR) is 67.2 cm³/mol. The summed E-state index contributed by atoms with van der Waals surface area (Å²) >= 11 is 0. The van der Waals surface area contributed by atoms with Gasteiger partial charge < -0.3 is 5.11 Å². The monoisotopic (exact) mass is 245 g/mol. The lowest BCUT2D eigenvalue weighted by atomic mass is 10.1. The third kappa shape index (κ3) is 2.11. The van der Waals surface area contributed by atoms with Gasteiger partial charge in [0.15, 0.2) is 0 Å². The van der Waals surface area contributed by atoms with Gasteiger partial charge in [0.1, 0.15) is 5.82 Å². The number of benzene rings is 1. The standard InChI is InChI=1S/C13H15N3O2/c1-4-11-14-12(13(17)18)15-16(11)10-6-5-8(2)7-9(10)3/h5-7H,4H2,1-3H3,(H,17,18). The molecule has 1 heterocycles. The van der Waals surface area contributed by atoms with Crippen molar-refractivity contribution in [1.29, 1.82) is 0 Å². The van der Waals surface area contributed by atoms with E-state index in [4.69, 9.17) is 5.11 Å². The molecule has 18 heavy (non-hydrogen) atoms. The van der Waals surface area contributed by atoms with Crippen LogP contribution >= 0.6 is 0 Å². The molecule has 0 bridgehead atoms. The highest BCUT2D eigenvalue weighted by atomic mass is 16.4. The first-order valence-electron chi connectivity index (χ1n) is 5.79. The average Bonchev–Trinajstić information content (AvgIpc) is 2.73. The van der Waals surface area contributed by atoms with Crippen LogP contribution < -0.4 is 0 Å². The van der Waals surface area contributed by atoms with Crippen molar-refractivity contribution in [1.82, 2.24) is 14.8 Å². The maximum absolute atomic E-state index is 10.9. The number of aryl methyl sites for hydroxylation is 3. The molecular weight excluding hydrogens is 230 g/mol. The fraction of sp³-hybridized carbons (Fsp3) is 0.308. The number of hydrogen-bond donors (Lipinski definition) is 1. The molecule has 2 aromatic rings. The van der Waals surface area contributed by atoms with Gasteiger partial charge in [0.2, 0.25) is 0 Å². The highest BCUT2D eigenvalue weighted by Gasteiger charge is 2.16. The second-order valence-corrected chi connectivity index (χ2v) is 4.21. The molecule has 1 aromatic heterocycles. The second-order valence-electron chi connectivity index (χ2n) is 4.21. The highest BCUT2D eigenvalue weighted by Crippen LogP contribution is 2.17. The number of nitrogens with zero attached hydrogens (tertiary/aromatic N) is 3. The Balaban J connectivity index is 2.58. The number of carboxylic acid groups (broad SMARTS) is 1. The number of hydrogen-bond acceptors (Lipinski definition) is 3. The maximum Gasteiger partial charge on any atom is 0.375 e. The molecule has 0 aliphatic heterocycles. The molecule has 94 valence electrons. The molecule has 5 nitrogen and oxygen atoms in total. The molecule has 0 spiro atoms. The normalized spacial score (nSPS) is 10.6. The summed E-state index contributed by atoms with van der Waals surface area (Å²) in [5.41, 5.74) is 3.08. The van der Waals surface area contributed by atoms with Crippen LogP contribution in [0.1, 0.15) is 34.5 Å². The largest absolute Gasteiger partial charge is 0.475 e. The summed E-state index contributed by atoms with van der Waals surface area (Å²) < 4.78 is 1.61. The number of aromatic nitrogens is 3. The quantitative estimate of drug-likeness (QED) is 0.899. The van der Waals surface area contributed by atoms with E-state index in [2.05, 4.69) is 10.1 Å². The molecule has 0 saturated carbocycles. The molecule has 0 aliphatic rings. The van der Waals surface area contributed by atoms with Crippen LogP contribution in [0.15, 0.2) is 18.2 Å². The highest BCUT2D eigenvalue weighted by molar-refractivity contribution is 5.83. The van der Waals surface area contributed by atoms with Gasteiger partial charge in [-0.25, -0.2) is 14.5 Å². The van der Waals surface area contributed by atoms with Crippen LogP contribution in [0.2, 0.25) is 0 Å². The van der Waals surface area contributed by atoms with E-state index in [0.29, 0.717) is 12.2 Å². The van der Waals surface area contributed by atoms with Gasteiger partial charge in [-0.1, -0.05) is 24.6 Å². The zero-order valence-corrected chi connectivity index (χ0v) is 10.6. The number of carbonyl (C=O) groups is 1. The third-order valence-corrected chi connectivity index (χ3v) is 2.76. The SMILES string of the molecule is CCc1nc(C(=O)O)nn1-c1ccc(C)cc1C. The Morgan fingerprint density at radius 3 is 2.67 bits per heavy atom. The molecule has 0 unspecified atom stereocenters. The zero-order valence-electron chi connectivity index (χ0n) is 10.6. The van der Waals surface area contributed by atoms with Gasteiger partial charge in [-0.05, 0) is 25.5 Å². The van der Waals surface area contributed by atoms with Crippen molar-refractivity contribution < 1.29 is 9.90 Å². The van der Waals surface area contributed by atoms with Crippen LogP contribution in [0.3, 0.4) is 0 Å². The second kappa shape index (κ2) is 4.60. The topological polar surface area (TPSA) is 68.0 Å². The summed E-state index contributed by atoms with van der Waals surface area (Å²) in [5, 5.41) is 13.0. The van der Waals surface area contributed by atoms with E-state index < -0.39 is 5.97 Å². The van der Waals surface area contributed by atoms with Gasteiger partial charge in [0, 0.05) is 6.42 Å².